The summed E-state index contributed by atoms with van der Waals surface area (Å²) in [6.07, 6.45) is 2.43. The molecule has 0 aromatic heterocycles. The number of rotatable bonds is 2. The second-order valence-corrected chi connectivity index (χ2v) is 5.14. The zero-order chi connectivity index (χ0) is 13.2. The predicted molar refractivity (Wildman–Crippen MR) is 73.0 cm³/mol. The van der Waals surface area contributed by atoms with E-state index in [4.69, 9.17) is 4.74 Å². The average Bonchev–Trinajstić information content (AvgIpc) is 2.49. The number of amides is 2. The number of anilines is 1. The van der Waals surface area contributed by atoms with Gasteiger partial charge in [0.2, 0.25) is 0 Å². The lowest BCUT2D eigenvalue weighted by Gasteiger charge is -2.47. The van der Waals surface area contributed by atoms with Gasteiger partial charge in [-0.25, -0.2) is 9.80 Å². The van der Waals surface area contributed by atoms with Crippen molar-refractivity contribution in [1.29, 1.82) is 0 Å². The number of urea groups is 1. The van der Waals surface area contributed by atoms with E-state index in [2.05, 4.69) is 10.3 Å². The van der Waals surface area contributed by atoms with Crippen molar-refractivity contribution in [3.63, 3.8) is 0 Å². The number of nitrogens with one attached hydrogen (secondary N) is 1. The number of benzene rings is 1. The van der Waals surface area contributed by atoms with Crippen molar-refractivity contribution >= 4 is 11.7 Å². The first-order valence-corrected chi connectivity index (χ1v) is 6.73. The molecular weight excluding hydrogens is 242 g/mol. The normalized spacial score (nSPS) is 25.2. The predicted octanol–water partition coefficient (Wildman–Crippen LogP) is 2.17. The summed E-state index contributed by atoms with van der Waals surface area (Å²) < 4.78 is 5.10. The van der Waals surface area contributed by atoms with E-state index >= 15 is 0 Å². The Morgan fingerprint density at radius 3 is 2.47 bits per heavy atom. The van der Waals surface area contributed by atoms with Crippen LogP contribution < -0.4 is 10.1 Å². The molecule has 0 atom stereocenters. The van der Waals surface area contributed by atoms with E-state index in [0.717, 1.165) is 31.1 Å². The average molecular weight is 261 g/mol. The zero-order valence-corrected chi connectivity index (χ0v) is 11.1. The van der Waals surface area contributed by atoms with Crippen molar-refractivity contribution in [1.82, 2.24) is 10.0 Å². The van der Waals surface area contributed by atoms with Gasteiger partial charge in [0.25, 0.3) is 0 Å². The number of hydrogen-bond donors (Lipinski definition) is 1. The van der Waals surface area contributed by atoms with Gasteiger partial charge in [-0.15, -0.1) is 0 Å². The van der Waals surface area contributed by atoms with Crippen molar-refractivity contribution in [2.24, 2.45) is 5.92 Å². The van der Waals surface area contributed by atoms with E-state index in [-0.39, 0.29) is 6.03 Å². The van der Waals surface area contributed by atoms with E-state index in [0.29, 0.717) is 5.92 Å². The number of hydrogen-bond acceptors (Lipinski definition) is 3. The first kappa shape index (κ1) is 12.3. The summed E-state index contributed by atoms with van der Waals surface area (Å²) in [6.45, 7) is 2.85. The summed E-state index contributed by atoms with van der Waals surface area (Å²) in [5.74, 6) is 1.46. The Hall–Kier alpha value is -1.75. The molecular formula is C14H19N3O2. The van der Waals surface area contributed by atoms with Gasteiger partial charge in [-0.1, -0.05) is 0 Å². The lowest BCUT2D eigenvalue weighted by atomic mass is 9.94. The van der Waals surface area contributed by atoms with Gasteiger partial charge in [-0.3, -0.25) is 5.01 Å². The van der Waals surface area contributed by atoms with Gasteiger partial charge in [0, 0.05) is 25.3 Å². The molecule has 3 heterocycles. The zero-order valence-electron chi connectivity index (χ0n) is 11.1. The van der Waals surface area contributed by atoms with Crippen LogP contribution in [0.25, 0.3) is 0 Å². The number of hydrazine groups is 1. The largest absolute Gasteiger partial charge is 0.497 e. The van der Waals surface area contributed by atoms with Gasteiger partial charge in [-0.2, -0.15) is 0 Å². The second kappa shape index (κ2) is 5.09. The molecule has 19 heavy (non-hydrogen) atoms. The molecule has 1 aromatic carbocycles. The highest BCUT2D eigenvalue weighted by Crippen LogP contribution is 2.27. The topological polar surface area (TPSA) is 44.8 Å². The Morgan fingerprint density at radius 2 is 1.95 bits per heavy atom. The molecule has 3 aliphatic heterocycles. The van der Waals surface area contributed by atoms with Crippen LogP contribution in [0.3, 0.4) is 0 Å². The molecule has 0 spiro atoms. The SMILES string of the molecule is COc1ccc(NC(=O)N2CC3CCN2CC3)cc1. The van der Waals surface area contributed by atoms with E-state index in [1.807, 2.05) is 29.3 Å². The number of piperidine rings is 1. The number of fused-ring (bicyclic) bond motifs is 3. The minimum atomic E-state index is -0.0328. The summed E-state index contributed by atoms with van der Waals surface area (Å²) in [4.78, 5) is 12.3. The van der Waals surface area contributed by atoms with Gasteiger partial charge >= 0.3 is 6.03 Å². The maximum atomic E-state index is 12.3. The van der Waals surface area contributed by atoms with Crippen molar-refractivity contribution in [2.45, 2.75) is 12.8 Å². The summed E-state index contributed by atoms with van der Waals surface area (Å²) in [5, 5.41) is 6.94. The first-order chi connectivity index (χ1) is 9.26. The summed E-state index contributed by atoms with van der Waals surface area (Å²) in [7, 11) is 1.63. The fourth-order valence-electron chi connectivity index (χ4n) is 2.78. The van der Waals surface area contributed by atoms with Crippen LogP contribution in [0.5, 0.6) is 5.75 Å². The maximum absolute atomic E-state index is 12.3. The quantitative estimate of drug-likeness (QED) is 0.887. The van der Waals surface area contributed by atoms with Gasteiger partial charge in [0.15, 0.2) is 0 Å². The highest BCUT2D eigenvalue weighted by atomic mass is 16.5. The van der Waals surface area contributed by atoms with Crippen LogP contribution >= 0.6 is 0 Å². The van der Waals surface area contributed by atoms with Gasteiger partial charge in [-0.05, 0) is 43.0 Å². The van der Waals surface area contributed by atoms with Gasteiger partial charge < -0.3 is 10.1 Å². The highest BCUT2D eigenvalue weighted by molar-refractivity contribution is 5.89. The number of methoxy groups -OCH3 is 1. The molecule has 0 radical (unpaired) electrons. The standard InChI is InChI=1S/C14H19N3O2/c1-19-13-4-2-12(3-5-13)15-14(18)17-10-11-6-8-16(17)9-7-11/h2-5,11H,6-10H2,1H3,(H,15,18). The van der Waals surface area contributed by atoms with Crippen LogP contribution in [-0.4, -0.2) is 42.8 Å². The van der Waals surface area contributed by atoms with Crippen LogP contribution in [0.1, 0.15) is 12.8 Å². The molecule has 1 aromatic rings. The van der Waals surface area contributed by atoms with E-state index in [1.54, 1.807) is 7.11 Å². The molecule has 102 valence electrons. The summed E-state index contributed by atoms with van der Waals surface area (Å²) in [5.41, 5.74) is 0.799. The van der Waals surface area contributed by atoms with Gasteiger partial charge in [0.05, 0.1) is 7.11 Å². The molecule has 3 aliphatic rings. The van der Waals surface area contributed by atoms with Crippen LogP contribution in [0.15, 0.2) is 24.3 Å². The number of nitrogens with zero attached hydrogens (tertiary/aromatic N) is 2. The Labute approximate surface area is 113 Å². The molecule has 5 nitrogen and oxygen atoms in total. The van der Waals surface area contributed by atoms with E-state index in [9.17, 15) is 4.79 Å². The lowest BCUT2D eigenvalue weighted by Crippen LogP contribution is -2.58. The lowest BCUT2D eigenvalue weighted by molar-refractivity contribution is -0.0698. The Morgan fingerprint density at radius 1 is 1.26 bits per heavy atom. The monoisotopic (exact) mass is 261 g/mol. The number of ether oxygens (including phenoxy) is 1. The molecule has 2 bridgehead atoms. The molecule has 4 rings (SSSR count). The molecule has 0 unspecified atom stereocenters. The van der Waals surface area contributed by atoms with Gasteiger partial charge in [0.1, 0.15) is 5.75 Å². The van der Waals surface area contributed by atoms with Crippen LogP contribution in [0.4, 0.5) is 10.5 Å². The van der Waals surface area contributed by atoms with Crippen molar-refractivity contribution in [2.75, 3.05) is 32.1 Å². The van der Waals surface area contributed by atoms with Crippen LogP contribution in [0, 0.1) is 5.92 Å². The third kappa shape index (κ3) is 2.51. The molecule has 0 saturated carbocycles. The van der Waals surface area contributed by atoms with Crippen molar-refractivity contribution in [3.05, 3.63) is 24.3 Å². The van der Waals surface area contributed by atoms with Crippen molar-refractivity contribution in [3.8, 4) is 5.75 Å². The Balaban J connectivity index is 1.64. The number of carbonyl (C=O) groups excluding carboxylic acids is 1. The fourth-order valence-corrected chi connectivity index (χ4v) is 2.78. The van der Waals surface area contributed by atoms with E-state index < -0.39 is 0 Å². The van der Waals surface area contributed by atoms with Crippen LogP contribution in [0.2, 0.25) is 0 Å². The smallest absolute Gasteiger partial charge is 0.336 e. The minimum Gasteiger partial charge on any atom is -0.497 e. The third-order valence-electron chi connectivity index (χ3n) is 3.94. The van der Waals surface area contributed by atoms with Crippen molar-refractivity contribution < 1.29 is 9.53 Å². The molecule has 5 heteroatoms. The second-order valence-electron chi connectivity index (χ2n) is 5.14. The molecule has 2 amide bonds. The van der Waals surface area contributed by atoms with E-state index in [1.165, 1.54) is 12.8 Å². The molecule has 3 fully saturated rings. The Kier molecular flexibility index (Phi) is 3.29. The van der Waals surface area contributed by atoms with Crippen LogP contribution in [-0.2, 0) is 0 Å². The fraction of sp³-hybridized carbons (Fsp3) is 0.500. The molecule has 3 saturated heterocycles. The summed E-state index contributed by atoms with van der Waals surface area (Å²) in [6, 6.07) is 7.37. The highest BCUT2D eigenvalue weighted by Gasteiger charge is 2.34. The molecule has 0 aliphatic carbocycles. The first-order valence-electron chi connectivity index (χ1n) is 6.73. The molecule has 1 N–H and O–H groups in total. The summed E-state index contributed by atoms with van der Waals surface area (Å²) >= 11 is 0. The Bertz CT molecular complexity index is 452. The maximum Gasteiger partial charge on any atom is 0.336 e. The third-order valence-corrected chi connectivity index (χ3v) is 3.94. The minimum absolute atomic E-state index is 0.0328. The number of carbonyl (C=O) groups is 1.